The van der Waals surface area contributed by atoms with E-state index < -0.39 is 0 Å². The summed E-state index contributed by atoms with van der Waals surface area (Å²) in [6, 6.07) is 5.31. The molecule has 0 aromatic heterocycles. The Bertz CT molecular complexity index is 395. The monoisotopic (exact) mass is 234 g/mol. The average molecular weight is 234 g/mol. The fourth-order valence-corrected chi connectivity index (χ4v) is 2.29. The molecule has 1 aliphatic rings. The lowest BCUT2D eigenvalue weighted by molar-refractivity contribution is 0.284. The lowest BCUT2D eigenvalue weighted by atomic mass is 10.1. The van der Waals surface area contributed by atoms with Crippen molar-refractivity contribution < 1.29 is 4.39 Å². The van der Waals surface area contributed by atoms with Crippen molar-refractivity contribution in [3.8, 4) is 0 Å². The van der Waals surface area contributed by atoms with Crippen LogP contribution in [0.25, 0.3) is 0 Å². The van der Waals surface area contributed by atoms with Gasteiger partial charge >= 0.3 is 0 Å². The molecule has 0 spiro atoms. The van der Waals surface area contributed by atoms with Crippen molar-refractivity contribution in [2.24, 2.45) is 0 Å². The molecule has 0 bridgehead atoms. The molecule has 1 saturated heterocycles. The fraction of sp³-hybridized carbons (Fsp3) is 0.429. The molecular weight excluding hydrogens is 215 g/mol. The van der Waals surface area contributed by atoms with E-state index in [1.807, 2.05) is 19.1 Å². The largest absolute Gasteiger partial charge is 0.369 e. The van der Waals surface area contributed by atoms with Gasteiger partial charge in [-0.25, -0.2) is 4.39 Å². The van der Waals surface area contributed by atoms with Crippen LogP contribution >= 0.6 is 0 Å². The molecule has 0 atom stereocenters. The molecule has 0 unspecified atom stereocenters. The molecule has 2 nitrogen and oxygen atoms in total. The smallest absolute Gasteiger partial charge is 0.128 e. The fourth-order valence-electron chi connectivity index (χ4n) is 2.29. The number of piperazine rings is 1. The minimum Gasteiger partial charge on any atom is -0.369 e. The summed E-state index contributed by atoms with van der Waals surface area (Å²) in [6.45, 7) is 10.5. The Balaban J connectivity index is 2.05. The zero-order valence-corrected chi connectivity index (χ0v) is 10.3. The van der Waals surface area contributed by atoms with Crippen LogP contribution in [0, 0.1) is 12.7 Å². The van der Waals surface area contributed by atoms with E-state index in [4.69, 9.17) is 0 Å². The number of benzene rings is 1. The van der Waals surface area contributed by atoms with Crippen LogP contribution in [-0.2, 0) is 0 Å². The Morgan fingerprint density at radius 2 is 2.00 bits per heavy atom. The topological polar surface area (TPSA) is 6.48 Å². The number of hydrogen-bond donors (Lipinski definition) is 0. The zero-order valence-electron chi connectivity index (χ0n) is 10.3. The van der Waals surface area contributed by atoms with Crippen LogP contribution in [0.5, 0.6) is 0 Å². The highest BCUT2D eigenvalue weighted by Gasteiger charge is 2.18. The number of halogens is 1. The predicted molar refractivity (Wildman–Crippen MR) is 70.0 cm³/mol. The van der Waals surface area contributed by atoms with Crippen LogP contribution in [0.1, 0.15) is 5.56 Å². The van der Waals surface area contributed by atoms with Crippen molar-refractivity contribution >= 4 is 5.69 Å². The van der Waals surface area contributed by atoms with E-state index in [1.54, 1.807) is 6.07 Å². The van der Waals surface area contributed by atoms with E-state index in [2.05, 4.69) is 16.4 Å². The molecule has 0 amide bonds. The van der Waals surface area contributed by atoms with Crippen LogP contribution < -0.4 is 4.90 Å². The first-order chi connectivity index (χ1) is 8.22. The second-order valence-corrected chi connectivity index (χ2v) is 4.46. The minimum atomic E-state index is -0.115. The lowest BCUT2D eigenvalue weighted by Crippen LogP contribution is -2.46. The van der Waals surface area contributed by atoms with E-state index in [1.165, 1.54) is 6.07 Å². The lowest BCUT2D eigenvalue weighted by Gasteiger charge is -2.36. The van der Waals surface area contributed by atoms with Gasteiger partial charge in [0.1, 0.15) is 5.82 Å². The second kappa shape index (κ2) is 5.32. The van der Waals surface area contributed by atoms with E-state index >= 15 is 0 Å². The van der Waals surface area contributed by atoms with Crippen LogP contribution in [0.15, 0.2) is 30.9 Å². The molecule has 2 rings (SSSR count). The Morgan fingerprint density at radius 3 is 2.65 bits per heavy atom. The van der Waals surface area contributed by atoms with E-state index in [0.29, 0.717) is 0 Å². The number of nitrogens with zero attached hydrogens (tertiary/aromatic N) is 2. The quantitative estimate of drug-likeness (QED) is 0.741. The molecule has 1 fully saturated rings. The van der Waals surface area contributed by atoms with Gasteiger partial charge in [-0.1, -0.05) is 12.1 Å². The molecule has 1 heterocycles. The van der Waals surface area contributed by atoms with Gasteiger partial charge < -0.3 is 4.90 Å². The van der Waals surface area contributed by atoms with Gasteiger partial charge in [-0.05, 0) is 19.1 Å². The minimum absolute atomic E-state index is 0.115. The molecule has 0 radical (unpaired) electrons. The standard InChI is InChI=1S/C14H19FN2/c1-3-7-16-8-10-17(11-9-16)14-6-4-5-13(15)12(14)2/h3-6H,1,7-11H2,2H3. The summed E-state index contributed by atoms with van der Waals surface area (Å²) >= 11 is 0. The summed E-state index contributed by atoms with van der Waals surface area (Å²) in [5.74, 6) is -0.115. The predicted octanol–water partition coefficient (Wildman–Crippen LogP) is 2.44. The summed E-state index contributed by atoms with van der Waals surface area (Å²) in [7, 11) is 0. The Hall–Kier alpha value is -1.35. The number of anilines is 1. The summed E-state index contributed by atoms with van der Waals surface area (Å²) in [6.07, 6.45) is 1.93. The Kier molecular flexibility index (Phi) is 3.79. The highest BCUT2D eigenvalue weighted by Crippen LogP contribution is 2.23. The normalized spacial score (nSPS) is 17.2. The van der Waals surface area contributed by atoms with Crippen LogP contribution in [0.3, 0.4) is 0 Å². The molecule has 1 aromatic carbocycles. The first-order valence-corrected chi connectivity index (χ1v) is 6.05. The van der Waals surface area contributed by atoms with E-state index in [0.717, 1.165) is 44.0 Å². The first kappa shape index (κ1) is 12.1. The molecule has 0 saturated carbocycles. The Morgan fingerprint density at radius 1 is 1.29 bits per heavy atom. The SMILES string of the molecule is C=CCN1CCN(c2cccc(F)c2C)CC1. The van der Waals surface area contributed by atoms with Gasteiger partial charge in [-0.2, -0.15) is 0 Å². The highest BCUT2D eigenvalue weighted by molar-refractivity contribution is 5.53. The molecule has 17 heavy (non-hydrogen) atoms. The third-order valence-corrected chi connectivity index (χ3v) is 3.34. The van der Waals surface area contributed by atoms with Gasteiger partial charge in [0.2, 0.25) is 0 Å². The molecule has 1 aliphatic heterocycles. The number of hydrogen-bond acceptors (Lipinski definition) is 2. The third kappa shape index (κ3) is 2.67. The van der Waals surface area contributed by atoms with E-state index in [-0.39, 0.29) is 5.82 Å². The van der Waals surface area contributed by atoms with Crippen LogP contribution in [0.4, 0.5) is 10.1 Å². The third-order valence-electron chi connectivity index (χ3n) is 3.34. The van der Waals surface area contributed by atoms with Crippen molar-refractivity contribution in [1.82, 2.24) is 4.90 Å². The van der Waals surface area contributed by atoms with Gasteiger partial charge in [0.05, 0.1) is 0 Å². The van der Waals surface area contributed by atoms with Crippen molar-refractivity contribution in [3.05, 3.63) is 42.2 Å². The molecule has 1 aromatic rings. The van der Waals surface area contributed by atoms with Crippen molar-refractivity contribution in [2.75, 3.05) is 37.6 Å². The van der Waals surface area contributed by atoms with E-state index in [9.17, 15) is 4.39 Å². The highest BCUT2D eigenvalue weighted by atomic mass is 19.1. The van der Waals surface area contributed by atoms with Crippen LogP contribution in [-0.4, -0.2) is 37.6 Å². The second-order valence-electron chi connectivity index (χ2n) is 4.46. The summed E-state index contributed by atoms with van der Waals surface area (Å²) in [5, 5.41) is 0. The Labute approximate surface area is 102 Å². The molecule has 0 aliphatic carbocycles. The summed E-state index contributed by atoms with van der Waals surface area (Å²) in [5.41, 5.74) is 1.79. The summed E-state index contributed by atoms with van der Waals surface area (Å²) in [4.78, 5) is 4.62. The van der Waals surface area contributed by atoms with Gasteiger partial charge in [0.25, 0.3) is 0 Å². The van der Waals surface area contributed by atoms with Gasteiger partial charge in [0, 0.05) is 44.0 Å². The van der Waals surface area contributed by atoms with Crippen molar-refractivity contribution in [3.63, 3.8) is 0 Å². The number of rotatable bonds is 3. The zero-order chi connectivity index (χ0) is 12.3. The molecular formula is C14H19FN2. The van der Waals surface area contributed by atoms with Gasteiger partial charge in [-0.15, -0.1) is 6.58 Å². The van der Waals surface area contributed by atoms with Crippen LogP contribution in [0.2, 0.25) is 0 Å². The van der Waals surface area contributed by atoms with Crippen molar-refractivity contribution in [1.29, 1.82) is 0 Å². The maximum absolute atomic E-state index is 13.5. The molecule has 92 valence electrons. The maximum atomic E-state index is 13.5. The first-order valence-electron chi connectivity index (χ1n) is 6.05. The van der Waals surface area contributed by atoms with Gasteiger partial charge in [0.15, 0.2) is 0 Å². The summed E-state index contributed by atoms with van der Waals surface area (Å²) < 4.78 is 13.5. The maximum Gasteiger partial charge on any atom is 0.128 e. The molecule has 0 N–H and O–H groups in total. The van der Waals surface area contributed by atoms with Crippen molar-refractivity contribution in [2.45, 2.75) is 6.92 Å². The average Bonchev–Trinajstić information content (AvgIpc) is 2.34. The molecule has 3 heteroatoms. The van der Waals surface area contributed by atoms with Gasteiger partial charge in [-0.3, -0.25) is 4.90 Å².